The number of carbonyl (C=O) groups is 1. The summed E-state index contributed by atoms with van der Waals surface area (Å²) in [4.78, 5) is 12.1. The fraction of sp³-hybridized carbons (Fsp3) is 0.235. The second-order valence-electron chi connectivity index (χ2n) is 4.96. The number of halogens is 1. The van der Waals surface area contributed by atoms with Crippen LogP contribution in [0.1, 0.15) is 12.5 Å². The number of carbonyl (C=O) groups excluding carboxylic acids is 1. The maximum atomic E-state index is 12.1. The van der Waals surface area contributed by atoms with Gasteiger partial charge < -0.3 is 19.9 Å². The molecule has 0 fully saturated rings. The van der Waals surface area contributed by atoms with E-state index in [2.05, 4.69) is 5.32 Å². The molecule has 0 heterocycles. The van der Waals surface area contributed by atoms with Gasteiger partial charge in [-0.3, -0.25) is 4.79 Å². The van der Waals surface area contributed by atoms with Crippen molar-refractivity contribution < 1.29 is 19.4 Å². The van der Waals surface area contributed by atoms with Gasteiger partial charge in [0.2, 0.25) is 0 Å². The first-order valence-electron chi connectivity index (χ1n) is 7.03. The number of aromatic hydroxyl groups is 1. The summed E-state index contributed by atoms with van der Waals surface area (Å²) in [6, 6.07) is 11.9. The Kier molecular flexibility index (Phi) is 5.84. The van der Waals surface area contributed by atoms with E-state index >= 15 is 0 Å². The highest BCUT2D eigenvalue weighted by Gasteiger charge is 2.14. The number of methoxy groups -OCH3 is 1. The summed E-state index contributed by atoms with van der Waals surface area (Å²) in [6.07, 6.45) is -0.645. The molecule has 23 heavy (non-hydrogen) atoms. The first-order chi connectivity index (χ1) is 11.0. The second kappa shape index (κ2) is 7.85. The number of hydrogen-bond donors (Lipinski definition) is 2. The SMILES string of the molecule is COc1cccc(COC(C)C(=O)Nc2ccc(O)c(Cl)c2)c1. The minimum absolute atomic E-state index is 0.0352. The average molecular weight is 336 g/mol. The zero-order valence-corrected chi connectivity index (χ0v) is 13.6. The molecule has 2 N–H and O–H groups in total. The van der Waals surface area contributed by atoms with Gasteiger partial charge in [0.1, 0.15) is 17.6 Å². The molecular weight excluding hydrogens is 318 g/mol. The fourth-order valence-electron chi connectivity index (χ4n) is 1.89. The Bertz CT molecular complexity index is 690. The lowest BCUT2D eigenvalue weighted by Gasteiger charge is -2.14. The van der Waals surface area contributed by atoms with Gasteiger partial charge >= 0.3 is 0 Å². The minimum Gasteiger partial charge on any atom is -0.506 e. The number of anilines is 1. The number of phenolic OH excluding ortho intramolecular Hbond substituents is 1. The summed E-state index contributed by atoms with van der Waals surface area (Å²) in [6.45, 7) is 1.96. The molecule has 2 rings (SSSR count). The maximum Gasteiger partial charge on any atom is 0.253 e. The molecule has 0 aromatic heterocycles. The van der Waals surface area contributed by atoms with Gasteiger partial charge in [-0.1, -0.05) is 23.7 Å². The lowest BCUT2D eigenvalue weighted by atomic mass is 10.2. The van der Waals surface area contributed by atoms with E-state index in [9.17, 15) is 9.90 Å². The Morgan fingerprint density at radius 2 is 2.09 bits per heavy atom. The van der Waals surface area contributed by atoms with Crippen molar-refractivity contribution in [2.75, 3.05) is 12.4 Å². The number of phenols is 1. The van der Waals surface area contributed by atoms with Crippen molar-refractivity contribution in [2.45, 2.75) is 19.6 Å². The standard InChI is InChI=1S/C17H18ClNO4/c1-11(23-10-12-4-3-5-14(8-12)22-2)17(21)19-13-6-7-16(20)15(18)9-13/h3-9,11,20H,10H2,1-2H3,(H,19,21). The summed E-state index contributed by atoms with van der Waals surface area (Å²) < 4.78 is 10.7. The number of nitrogens with one attached hydrogen (secondary N) is 1. The molecule has 1 amide bonds. The first-order valence-corrected chi connectivity index (χ1v) is 7.41. The molecule has 6 heteroatoms. The van der Waals surface area contributed by atoms with Gasteiger partial charge in [0.15, 0.2) is 0 Å². The molecule has 5 nitrogen and oxygen atoms in total. The van der Waals surface area contributed by atoms with E-state index in [0.29, 0.717) is 12.3 Å². The molecule has 2 aromatic carbocycles. The Hall–Kier alpha value is -2.24. The zero-order chi connectivity index (χ0) is 16.8. The van der Waals surface area contributed by atoms with Gasteiger partial charge in [-0.2, -0.15) is 0 Å². The summed E-state index contributed by atoms with van der Waals surface area (Å²) in [7, 11) is 1.60. The molecule has 1 unspecified atom stereocenters. The van der Waals surface area contributed by atoms with E-state index in [0.717, 1.165) is 11.3 Å². The lowest BCUT2D eigenvalue weighted by Crippen LogP contribution is -2.27. The Labute approximate surface area is 139 Å². The highest BCUT2D eigenvalue weighted by molar-refractivity contribution is 6.32. The fourth-order valence-corrected chi connectivity index (χ4v) is 2.07. The number of benzene rings is 2. The van der Waals surface area contributed by atoms with Crippen LogP contribution in [0, 0.1) is 0 Å². The largest absolute Gasteiger partial charge is 0.506 e. The first kappa shape index (κ1) is 17.1. The zero-order valence-electron chi connectivity index (χ0n) is 12.9. The number of amides is 1. The van der Waals surface area contributed by atoms with Gasteiger partial charge in [0.05, 0.1) is 18.7 Å². The molecule has 0 spiro atoms. The van der Waals surface area contributed by atoms with Crippen LogP contribution in [0.25, 0.3) is 0 Å². The van der Waals surface area contributed by atoms with E-state index in [1.165, 1.54) is 12.1 Å². The maximum absolute atomic E-state index is 12.1. The van der Waals surface area contributed by atoms with Crippen molar-refractivity contribution >= 4 is 23.2 Å². The van der Waals surface area contributed by atoms with Crippen molar-refractivity contribution in [3.8, 4) is 11.5 Å². The van der Waals surface area contributed by atoms with Gasteiger partial charge in [-0.05, 0) is 42.8 Å². The third-order valence-electron chi connectivity index (χ3n) is 3.22. The Morgan fingerprint density at radius 1 is 1.30 bits per heavy atom. The molecule has 0 aliphatic rings. The third-order valence-corrected chi connectivity index (χ3v) is 3.52. The van der Waals surface area contributed by atoms with Gasteiger partial charge in [0.25, 0.3) is 5.91 Å². The molecule has 2 aromatic rings. The Morgan fingerprint density at radius 3 is 2.78 bits per heavy atom. The van der Waals surface area contributed by atoms with Crippen LogP contribution in [0.5, 0.6) is 11.5 Å². The molecule has 0 radical (unpaired) electrons. The van der Waals surface area contributed by atoms with E-state index in [1.54, 1.807) is 20.1 Å². The van der Waals surface area contributed by atoms with Gasteiger partial charge in [-0.15, -0.1) is 0 Å². The molecular formula is C17H18ClNO4. The summed E-state index contributed by atoms with van der Waals surface area (Å²) >= 11 is 5.80. The molecule has 0 aliphatic heterocycles. The van der Waals surface area contributed by atoms with Crippen LogP contribution in [0.4, 0.5) is 5.69 Å². The number of ether oxygens (including phenoxy) is 2. The van der Waals surface area contributed by atoms with Gasteiger partial charge in [0, 0.05) is 5.69 Å². The van der Waals surface area contributed by atoms with E-state index < -0.39 is 6.10 Å². The average Bonchev–Trinajstić information content (AvgIpc) is 2.56. The summed E-state index contributed by atoms with van der Waals surface area (Å²) in [5.74, 6) is 0.406. The predicted octanol–water partition coefficient (Wildman–Crippen LogP) is 3.60. The lowest BCUT2D eigenvalue weighted by molar-refractivity contribution is -0.127. The van der Waals surface area contributed by atoms with Crippen molar-refractivity contribution in [3.05, 3.63) is 53.1 Å². The highest BCUT2D eigenvalue weighted by Crippen LogP contribution is 2.26. The molecule has 0 aliphatic carbocycles. The van der Waals surface area contributed by atoms with Crippen molar-refractivity contribution in [2.24, 2.45) is 0 Å². The van der Waals surface area contributed by atoms with Crippen molar-refractivity contribution in [1.82, 2.24) is 0 Å². The monoisotopic (exact) mass is 335 g/mol. The molecule has 0 saturated carbocycles. The van der Waals surface area contributed by atoms with E-state index in [4.69, 9.17) is 21.1 Å². The summed E-state index contributed by atoms with van der Waals surface area (Å²) in [5, 5.41) is 12.2. The molecule has 122 valence electrons. The summed E-state index contributed by atoms with van der Waals surface area (Å²) in [5.41, 5.74) is 1.41. The topological polar surface area (TPSA) is 67.8 Å². The van der Waals surface area contributed by atoms with Crippen LogP contribution in [-0.2, 0) is 16.1 Å². The predicted molar refractivity (Wildman–Crippen MR) is 89.0 cm³/mol. The van der Waals surface area contributed by atoms with Gasteiger partial charge in [-0.25, -0.2) is 0 Å². The molecule has 0 saturated heterocycles. The quantitative estimate of drug-likeness (QED) is 0.791. The second-order valence-corrected chi connectivity index (χ2v) is 5.37. The Balaban J connectivity index is 1.90. The van der Waals surface area contributed by atoms with Crippen molar-refractivity contribution in [3.63, 3.8) is 0 Å². The number of hydrogen-bond acceptors (Lipinski definition) is 4. The van der Waals surface area contributed by atoms with Crippen LogP contribution in [-0.4, -0.2) is 24.2 Å². The third kappa shape index (κ3) is 4.87. The van der Waals surface area contributed by atoms with Crippen molar-refractivity contribution in [1.29, 1.82) is 0 Å². The minimum atomic E-state index is -0.645. The van der Waals surface area contributed by atoms with E-state index in [-0.39, 0.29) is 16.7 Å². The molecule has 1 atom stereocenters. The highest BCUT2D eigenvalue weighted by atomic mass is 35.5. The van der Waals surface area contributed by atoms with Crippen LogP contribution < -0.4 is 10.1 Å². The normalized spacial score (nSPS) is 11.8. The molecule has 0 bridgehead atoms. The van der Waals surface area contributed by atoms with E-state index in [1.807, 2.05) is 24.3 Å². The number of rotatable bonds is 6. The smallest absolute Gasteiger partial charge is 0.253 e. The van der Waals surface area contributed by atoms with Crippen LogP contribution in [0.2, 0.25) is 5.02 Å². The van der Waals surface area contributed by atoms with Crippen LogP contribution in [0.15, 0.2) is 42.5 Å². The van der Waals surface area contributed by atoms with Crippen LogP contribution >= 0.6 is 11.6 Å². The van der Waals surface area contributed by atoms with Crippen LogP contribution in [0.3, 0.4) is 0 Å².